The summed E-state index contributed by atoms with van der Waals surface area (Å²) in [5.74, 6) is -0.854. The Balaban J connectivity index is 4.27. The molecular weight excluding hydrogens is 781 g/mol. The van der Waals surface area contributed by atoms with E-state index in [2.05, 4.69) is 32.9 Å². The van der Waals surface area contributed by atoms with Gasteiger partial charge in [0, 0.05) is 19.3 Å². The largest absolute Gasteiger partial charge is 0.462 e. The van der Waals surface area contributed by atoms with E-state index < -0.39 is 6.10 Å². The average molecular weight is 889 g/mol. The van der Waals surface area contributed by atoms with E-state index in [1.165, 1.54) is 212 Å². The Morgan fingerprint density at radius 2 is 0.524 bits per heavy atom. The van der Waals surface area contributed by atoms with Gasteiger partial charge < -0.3 is 14.2 Å². The Kier molecular flexibility index (Phi) is 51.2. The highest BCUT2D eigenvalue weighted by molar-refractivity contribution is 5.71. The first-order valence-corrected chi connectivity index (χ1v) is 28.2. The molecule has 1 atom stereocenters. The topological polar surface area (TPSA) is 78.9 Å². The Morgan fingerprint density at radius 3 is 0.825 bits per heavy atom. The number of unbranched alkanes of at least 4 members (excludes halogenated alkanes) is 39. The van der Waals surface area contributed by atoms with Crippen molar-refractivity contribution in [1.82, 2.24) is 0 Å². The van der Waals surface area contributed by atoms with Gasteiger partial charge >= 0.3 is 17.9 Å². The molecular formula is C57H108O6. The van der Waals surface area contributed by atoms with Crippen LogP contribution in [0.25, 0.3) is 0 Å². The lowest BCUT2D eigenvalue weighted by molar-refractivity contribution is -0.167. The summed E-state index contributed by atoms with van der Waals surface area (Å²) in [6.45, 7) is 6.66. The van der Waals surface area contributed by atoms with Crippen molar-refractivity contribution in [3.05, 3.63) is 12.2 Å². The molecule has 0 aliphatic carbocycles. The lowest BCUT2D eigenvalue weighted by Gasteiger charge is -2.18. The van der Waals surface area contributed by atoms with E-state index in [9.17, 15) is 14.4 Å². The van der Waals surface area contributed by atoms with E-state index in [-0.39, 0.29) is 31.1 Å². The highest BCUT2D eigenvalue weighted by atomic mass is 16.6. The summed E-state index contributed by atoms with van der Waals surface area (Å²) < 4.78 is 16.8. The normalized spacial score (nSPS) is 12.0. The van der Waals surface area contributed by atoms with Crippen LogP contribution in [0.1, 0.15) is 316 Å². The molecule has 0 aromatic heterocycles. The van der Waals surface area contributed by atoms with Crippen molar-refractivity contribution in [2.24, 2.45) is 0 Å². The van der Waals surface area contributed by atoms with Crippen LogP contribution in [0.4, 0.5) is 0 Å². The maximum atomic E-state index is 12.8. The minimum absolute atomic E-state index is 0.0667. The zero-order chi connectivity index (χ0) is 45.8. The SMILES string of the molecule is CCCCC/C=C\CCCCCCCC(=O)OC[C@H](COC(=O)CCCCCCCCCCCCCCCCCCCCC)OC(=O)CCCCCCCCCCCCCCCC. The summed E-state index contributed by atoms with van der Waals surface area (Å²) in [6.07, 6.45) is 59.1. The van der Waals surface area contributed by atoms with Crippen LogP contribution in [0.2, 0.25) is 0 Å². The van der Waals surface area contributed by atoms with Crippen LogP contribution < -0.4 is 0 Å². The molecule has 0 heterocycles. The molecule has 0 radical (unpaired) electrons. The van der Waals surface area contributed by atoms with E-state index in [0.29, 0.717) is 19.3 Å². The zero-order valence-electron chi connectivity index (χ0n) is 42.6. The third-order valence-corrected chi connectivity index (χ3v) is 12.8. The number of rotatable bonds is 52. The summed E-state index contributed by atoms with van der Waals surface area (Å²) in [7, 11) is 0. The Morgan fingerprint density at radius 1 is 0.302 bits per heavy atom. The first-order valence-electron chi connectivity index (χ1n) is 28.2. The van der Waals surface area contributed by atoms with Gasteiger partial charge in [0.15, 0.2) is 6.10 Å². The van der Waals surface area contributed by atoms with Crippen molar-refractivity contribution >= 4 is 17.9 Å². The summed E-state index contributed by atoms with van der Waals surface area (Å²) in [6, 6.07) is 0. The fourth-order valence-electron chi connectivity index (χ4n) is 8.50. The number of carbonyl (C=O) groups excluding carboxylic acids is 3. The first-order chi connectivity index (χ1) is 31.0. The molecule has 0 aliphatic heterocycles. The van der Waals surface area contributed by atoms with Crippen LogP contribution in [0, 0.1) is 0 Å². The van der Waals surface area contributed by atoms with Gasteiger partial charge in [-0.05, 0) is 44.9 Å². The van der Waals surface area contributed by atoms with Gasteiger partial charge in [0.05, 0.1) is 0 Å². The molecule has 6 nitrogen and oxygen atoms in total. The van der Waals surface area contributed by atoms with Crippen LogP contribution in [0.15, 0.2) is 12.2 Å². The number of allylic oxidation sites excluding steroid dienone is 2. The molecule has 0 aromatic rings. The summed E-state index contributed by atoms with van der Waals surface area (Å²) in [4.78, 5) is 38.0. The molecule has 0 rings (SSSR count). The Bertz CT molecular complexity index is 978. The Hall–Kier alpha value is -1.85. The number of hydrogen-bond donors (Lipinski definition) is 0. The minimum atomic E-state index is -0.767. The molecule has 0 fully saturated rings. The van der Waals surface area contributed by atoms with Gasteiger partial charge in [-0.2, -0.15) is 0 Å². The van der Waals surface area contributed by atoms with Gasteiger partial charge in [-0.1, -0.05) is 264 Å². The molecule has 0 saturated carbocycles. The highest BCUT2D eigenvalue weighted by Crippen LogP contribution is 2.17. The minimum Gasteiger partial charge on any atom is -0.462 e. The maximum absolute atomic E-state index is 12.8. The molecule has 0 aliphatic rings. The fraction of sp³-hybridized carbons (Fsp3) is 0.912. The van der Waals surface area contributed by atoms with Crippen molar-refractivity contribution in [2.45, 2.75) is 322 Å². The number of hydrogen-bond acceptors (Lipinski definition) is 6. The molecule has 0 aromatic carbocycles. The van der Waals surface area contributed by atoms with Gasteiger partial charge in [-0.3, -0.25) is 14.4 Å². The number of esters is 3. The molecule has 0 N–H and O–H groups in total. The predicted octanol–water partition coefficient (Wildman–Crippen LogP) is 18.5. The predicted molar refractivity (Wildman–Crippen MR) is 270 cm³/mol. The molecule has 0 unspecified atom stereocenters. The standard InChI is InChI=1S/C57H108O6/c1-4-7-10-13-16-19-22-25-27-28-29-30-31-33-35-38-41-44-47-50-56(59)62-53-54(52-61-55(58)49-46-43-40-37-34-24-21-18-15-12-9-6-3)63-57(60)51-48-45-42-39-36-32-26-23-20-17-14-11-8-5-2/h18,21,54H,4-17,19-20,22-53H2,1-3H3/b21-18-/t54-/m1/s1. The van der Waals surface area contributed by atoms with Crippen molar-refractivity contribution in [3.63, 3.8) is 0 Å². The van der Waals surface area contributed by atoms with Crippen LogP contribution in [0.3, 0.4) is 0 Å². The smallest absolute Gasteiger partial charge is 0.306 e. The van der Waals surface area contributed by atoms with Crippen molar-refractivity contribution in [1.29, 1.82) is 0 Å². The summed E-state index contributed by atoms with van der Waals surface area (Å²) in [5, 5.41) is 0. The molecule has 372 valence electrons. The van der Waals surface area contributed by atoms with Crippen LogP contribution in [-0.2, 0) is 28.6 Å². The van der Waals surface area contributed by atoms with E-state index >= 15 is 0 Å². The zero-order valence-corrected chi connectivity index (χ0v) is 42.6. The highest BCUT2D eigenvalue weighted by Gasteiger charge is 2.19. The van der Waals surface area contributed by atoms with Gasteiger partial charge in [-0.15, -0.1) is 0 Å². The second kappa shape index (κ2) is 52.8. The third-order valence-electron chi connectivity index (χ3n) is 12.8. The lowest BCUT2D eigenvalue weighted by atomic mass is 10.0. The van der Waals surface area contributed by atoms with Gasteiger partial charge in [0.2, 0.25) is 0 Å². The Labute approximate surface area is 392 Å². The van der Waals surface area contributed by atoms with Gasteiger partial charge in [0.1, 0.15) is 13.2 Å². The molecule has 6 heteroatoms. The van der Waals surface area contributed by atoms with Crippen molar-refractivity contribution in [3.8, 4) is 0 Å². The van der Waals surface area contributed by atoms with E-state index in [1.807, 2.05) is 0 Å². The monoisotopic (exact) mass is 889 g/mol. The first kappa shape index (κ1) is 61.1. The van der Waals surface area contributed by atoms with Gasteiger partial charge in [0.25, 0.3) is 0 Å². The number of carbonyl (C=O) groups is 3. The molecule has 0 amide bonds. The van der Waals surface area contributed by atoms with Crippen LogP contribution >= 0.6 is 0 Å². The van der Waals surface area contributed by atoms with Crippen LogP contribution in [-0.4, -0.2) is 37.2 Å². The maximum Gasteiger partial charge on any atom is 0.306 e. The summed E-state index contributed by atoms with van der Waals surface area (Å²) >= 11 is 0. The van der Waals surface area contributed by atoms with E-state index in [4.69, 9.17) is 14.2 Å². The van der Waals surface area contributed by atoms with Crippen LogP contribution in [0.5, 0.6) is 0 Å². The van der Waals surface area contributed by atoms with Crippen molar-refractivity contribution in [2.75, 3.05) is 13.2 Å². The lowest BCUT2D eigenvalue weighted by Crippen LogP contribution is -2.30. The average Bonchev–Trinajstić information content (AvgIpc) is 3.28. The number of ether oxygens (including phenoxy) is 3. The second-order valence-electron chi connectivity index (χ2n) is 19.2. The molecule has 0 bridgehead atoms. The van der Waals surface area contributed by atoms with E-state index in [0.717, 1.165) is 64.2 Å². The summed E-state index contributed by atoms with van der Waals surface area (Å²) in [5.41, 5.74) is 0. The molecule has 0 spiro atoms. The molecule has 63 heavy (non-hydrogen) atoms. The molecule has 0 saturated heterocycles. The fourth-order valence-corrected chi connectivity index (χ4v) is 8.50. The quantitative estimate of drug-likeness (QED) is 0.0262. The van der Waals surface area contributed by atoms with Gasteiger partial charge in [-0.25, -0.2) is 0 Å². The van der Waals surface area contributed by atoms with E-state index in [1.54, 1.807) is 0 Å². The second-order valence-corrected chi connectivity index (χ2v) is 19.2. The van der Waals surface area contributed by atoms with Crippen molar-refractivity contribution < 1.29 is 28.6 Å². The third kappa shape index (κ3) is 51.0.